The highest BCUT2D eigenvalue weighted by molar-refractivity contribution is 7.98. The van der Waals surface area contributed by atoms with Crippen molar-refractivity contribution in [2.24, 2.45) is 0 Å². The van der Waals surface area contributed by atoms with E-state index in [1.165, 1.54) is 4.57 Å². The van der Waals surface area contributed by atoms with E-state index in [1.807, 2.05) is 0 Å². The van der Waals surface area contributed by atoms with Crippen molar-refractivity contribution in [3.8, 4) is 11.1 Å². The average molecular weight is 696 g/mol. The molecule has 0 radical (unpaired) electrons. The summed E-state index contributed by atoms with van der Waals surface area (Å²) >= 11 is 0.384. The fraction of sp³-hybridized carbons (Fsp3) is 0.378. The van der Waals surface area contributed by atoms with Crippen molar-refractivity contribution >= 4 is 17.7 Å². The molecule has 0 atom stereocenters. The number of rotatable bonds is 13. The predicted octanol–water partition coefficient (Wildman–Crippen LogP) is 7.53. The summed E-state index contributed by atoms with van der Waals surface area (Å²) in [6, 6.07) is -4.09. The summed E-state index contributed by atoms with van der Waals surface area (Å²) < 4.78 is 186. The second-order valence-corrected chi connectivity index (χ2v) is 11.3. The van der Waals surface area contributed by atoms with Gasteiger partial charge in [-0.3, -0.25) is 9.59 Å². The quantitative estimate of drug-likeness (QED) is 0.0823. The van der Waals surface area contributed by atoms with E-state index < -0.39 is 138 Å². The van der Waals surface area contributed by atoms with Gasteiger partial charge in [0.15, 0.2) is 5.16 Å². The molecule has 0 aliphatic heterocycles. The highest BCUT2D eigenvalue weighted by Gasteiger charge is 2.32. The SMILES string of the molecule is [2H]c1c([2H])c(C([2H])([2H])N(CCN(C([2H])([2H])C)C([2H])([2H])C)C(=O)Cn2c(SC([2H])([2H])c3ccc(F)cc3)nc(=O)c3c2CCC3)c([2H])c([2H])c1-c1c([2H])c([2H])c(C(F)(F)F)c(C)c1[2H]. The normalized spacial score (nSPS) is 18.5. The zero-order valence-corrected chi connectivity index (χ0v) is 26.9. The maximum Gasteiger partial charge on any atom is 0.416 e. The van der Waals surface area contributed by atoms with Crippen LogP contribution in [0, 0.1) is 12.7 Å². The second kappa shape index (κ2) is 15.5. The Morgan fingerprint density at radius 1 is 1.00 bits per heavy atom. The molecule has 1 heterocycles. The molecule has 4 aromatic rings. The van der Waals surface area contributed by atoms with Crippen LogP contribution in [0.3, 0.4) is 0 Å². The number of alkyl halides is 3. The molecule has 1 aliphatic rings. The average Bonchev–Trinajstić information content (AvgIpc) is 3.64. The topological polar surface area (TPSA) is 58.4 Å². The second-order valence-electron chi connectivity index (χ2n) is 10.5. The van der Waals surface area contributed by atoms with Crippen molar-refractivity contribution in [3.63, 3.8) is 0 Å². The van der Waals surface area contributed by atoms with Crippen LogP contribution in [-0.4, -0.2) is 51.3 Å². The molecular formula is C37H40F4N4O2S. The molecule has 1 amide bonds. The smallest absolute Gasteiger partial charge is 0.336 e. The van der Waals surface area contributed by atoms with Gasteiger partial charge in [0.25, 0.3) is 5.56 Å². The zero-order valence-electron chi connectivity index (χ0n) is 41.1. The number of thioether (sulfide) groups is 1. The van der Waals surface area contributed by atoms with Gasteiger partial charge in [0.2, 0.25) is 5.91 Å². The Hall–Kier alpha value is -3.96. The number of hydrogen-bond donors (Lipinski definition) is 0. The lowest BCUT2D eigenvalue weighted by Crippen LogP contribution is -2.40. The van der Waals surface area contributed by atoms with Crippen LogP contribution in [0.4, 0.5) is 17.6 Å². The van der Waals surface area contributed by atoms with Gasteiger partial charge in [-0.15, -0.1) is 0 Å². The summed E-state index contributed by atoms with van der Waals surface area (Å²) in [5.74, 6) is -1.90. The van der Waals surface area contributed by atoms with E-state index in [4.69, 9.17) is 17.8 Å². The van der Waals surface area contributed by atoms with E-state index in [-0.39, 0.29) is 34.8 Å². The summed E-state index contributed by atoms with van der Waals surface area (Å²) in [7, 11) is 0. The summed E-state index contributed by atoms with van der Waals surface area (Å²) in [5.41, 5.74) is -8.14. The number of carbonyl (C=O) groups is 1. The summed E-state index contributed by atoms with van der Waals surface area (Å²) in [6.45, 7) is -8.08. The van der Waals surface area contributed by atoms with Crippen LogP contribution in [0.15, 0.2) is 76.5 Å². The first-order chi connectivity index (χ1) is 28.7. The molecular weight excluding hydrogens is 640 g/mol. The van der Waals surface area contributed by atoms with Crippen LogP contribution < -0.4 is 5.56 Å². The number of carbonyl (C=O) groups excluding carboxylic acids is 1. The zero-order chi connectivity index (χ0) is 47.7. The molecule has 5 rings (SSSR count). The minimum Gasteiger partial charge on any atom is -0.336 e. The van der Waals surface area contributed by atoms with Crippen molar-refractivity contribution in [2.45, 2.75) is 70.1 Å². The number of nitrogens with zero attached hydrogens (tertiary/aromatic N) is 4. The Bertz CT molecular complexity index is 2460. The van der Waals surface area contributed by atoms with Crippen LogP contribution >= 0.6 is 11.8 Å². The molecule has 0 unspecified atom stereocenters. The number of hydrogen-bond acceptors (Lipinski definition) is 5. The Kier molecular flexibility index (Phi) is 6.63. The van der Waals surface area contributed by atoms with Gasteiger partial charge < -0.3 is 14.4 Å². The third-order valence-electron chi connectivity index (χ3n) is 7.39. The maximum atomic E-state index is 14.7. The number of aromatic nitrogens is 2. The first kappa shape index (κ1) is 20.5. The maximum absolute atomic E-state index is 14.7. The molecule has 3 aromatic carbocycles. The largest absolute Gasteiger partial charge is 0.416 e. The number of fused-ring (bicyclic) bond motifs is 1. The molecule has 0 fully saturated rings. The lowest BCUT2D eigenvalue weighted by Gasteiger charge is -2.28. The van der Waals surface area contributed by atoms with E-state index in [0.29, 0.717) is 28.0 Å². The fourth-order valence-corrected chi connectivity index (χ4v) is 5.74. The van der Waals surface area contributed by atoms with Gasteiger partial charge in [-0.1, -0.05) is 74.0 Å². The van der Waals surface area contributed by atoms with Crippen molar-refractivity contribution in [2.75, 3.05) is 26.1 Å². The third kappa shape index (κ3) is 8.54. The first-order valence-electron chi connectivity index (χ1n) is 22.2. The standard InChI is InChI=1S/C37H40F4N4O2S/c1-4-43(5-2)19-20-44(22-26-9-13-28(14-10-26)29-15-18-32(25(3)21-29)37(39,40)41)34(46)23-45-33-8-6-7-31(33)35(47)42-36(45)48-24-27-11-16-30(38)17-12-27/h9-18,21H,4-8,19-20,22-24H2,1-3H3/i4D2,5D2,9D,10D,13D,14D,15D,18D,21D,22D2,24D2. The number of benzene rings is 3. The van der Waals surface area contributed by atoms with Gasteiger partial charge >= 0.3 is 6.18 Å². The monoisotopic (exact) mass is 695 g/mol. The van der Waals surface area contributed by atoms with Crippen molar-refractivity contribution in [1.29, 1.82) is 0 Å². The number of amides is 1. The Morgan fingerprint density at radius 3 is 2.35 bits per heavy atom. The predicted molar refractivity (Wildman–Crippen MR) is 181 cm³/mol. The lowest BCUT2D eigenvalue weighted by atomic mass is 9.98. The van der Waals surface area contributed by atoms with Crippen LogP contribution in [0.25, 0.3) is 11.1 Å². The summed E-state index contributed by atoms with van der Waals surface area (Å²) in [5, 5.41) is -0.355. The van der Waals surface area contributed by atoms with Gasteiger partial charge in [-0.25, -0.2) is 4.39 Å². The number of halogens is 4. The van der Waals surface area contributed by atoms with E-state index in [1.54, 1.807) is 0 Å². The minimum atomic E-state index is -5.18. The molecule has 48 heavy (non-hydrogen) atoms. The first-order valence-corrected chi connectivity index (χ1v) is 15.5. The van der Waals surface area contributed by atoms with Gasteiger partial charge in [-0.05, 0) is 85.2 Å². The highest BCUT2D eigenvalue weighted by atomic mass is 32.2. The van der Waals surface area contributed by atoms with E-state index in [2.05, 4.69) is 4.98 Å². The molecule has 0 saturated carbocycles. The van der Waals surface area contributed by atoms with Gasteiger partial charge in [0.05, 0.1) is 17.9 Å². The molecule has 0 saturated heterocycles. The van der Waals surface area contributed by atoms with Gasteiger partial charge in [0.1, 0.15) is 12.4 Å². The Morgan fingerprint density at radius 2 is 1.69 bits per heavy atom. The molecule has 6 nitrogen and oxygen atoms in total. The fourth-order valence-electron chi connectivity index (χ4n) is 4.99. The van der Waals surface area contributed by atoms with E-state index >= 15 is 0 Å². The van der Waals surface area contributed by atoms with Crippen LogP contribution in [-0.2, 0) is 42.6 Å². The van der Waals surface area contributed by atoms with Crippen molar-refractivity contribution < 1.29 is 42.9 Å². The third-order valence-corrected chi connectivity index (χ3v) is 8.22. The molecule has 0 bridgehead atoms. The van der Waals surface area contributed by atoms with E-state index in [0.717, 1.165) is 45.0 Å². The van der Waals surface area contributed by atoms with Crippen LogP contribution in [0.2, 0.25) is 0 Å². The summed E-state index contributed by atoms with van der Waals surface area (Å²) in [4.78, 5) is 33.0. The molecule has 1 aliphatic carbocycles. The minimum absolute atomic E-state index is 0.0467. The lowest BCUT2D eigenvalue weighted by molar-refractivity contribution is -0.138. The van der Waals surface area contributed by atoms with Crippen molar-refractivity contribution in [1.82, 2.24) is 19.4 Å². The molecule has 0 spiro atoms. The number of likely N-dealkylation sites (N-methyl/N-ethyl adjacent to an activating group) is 1. The van der Waals surface area contributed by atoms with E-state index in [9.17, 15) is 29.9 Å². The van der Waals surface area contributed by atoms with Gasteiger partial charge in [-0.2, -0.15) is 18.2 Å². The van der Waals surface area contributed by atoms with Crippen molar-refractivity contribution in [3.05, 3.63) is 116 Å². The summed E-state index contributed by atoms with van der Waals surface area (Å²) in [6.07, 6.45) is -4.37. The molecule has 1 aromatic heterocycles. The highest BCUT2D eigenvalue weighted by Crippen LogP contribution is 2.34. The van der Waals surface area contributed by atoms with Crippen LogP contribution in [0.5, 0.6) is 0 Å². The van der Waals surface area contributed by atoms with Crippen LogP contribution in [0.1, 0.15) is 74.3 Å². The Balaban J connectivity index is 1.71. The Labute approximate surface area is 303 Å². The molecule has 0 N–H and O–H groups in total. The van der Waals surface area contributed by atoms with Gasteiger partial charge in [0, 0.05) is 44.8 Å². The molecule has 11 heteroatoms. The molecule has 254 valence electrons.